The van der Waals surface area contributed by atoms with E-state index in [2.05, 4.69) is 31.2 Å². The minimum atomic E-state index is -3.63. The van der Waals surface area contributed by atoms with Crippen molar-refractivity contribution in [3.63, 3.8) is 0 Å². The maximum absolute atomic E-state index is 14.5. The number of ether oxygens (including phenoxy) is 2. The van der Waals surface area contributed by atoms with Gasteiger partial charge in [0.25, 0.3) is 11.8 Å². The summed E-state index contributed by atoms with van der Waals surface area (Å²) in [4.78, 5) is 29.8. The Morgan fingerprint density at radius 2 is 2.04 bits per heavy atom. The number of halogens is 1. The molecule has 2 amide bonds. The van der Waals surface area contributed by atoms with Gasteiger partial charge in [0.15, 0.2) is 0 Å². The van der Waals surface area contributed by atoms with E-state index in [0.717, 1.165) is 42.8 Å². The lowest BCUT2D eigenvalue weighted by molar-refractivity contribution is -0.0314. The van der Waals surface area contributed by atoms with E-state index in [1.54, 1.807) is 25.2 Å². The molecule has 1 spiro atoms. The van der Waals surface area contributed by atoms with Gasteiger partial charge in [-0.2, -0.15) is 0 Å². The number of benzene rings is 2. The Morgan fingerprint density at radius 3 is 2.80 bits per heavy atom. The molecule has 13 heteroatoms. The molecule has 3 heterocycles. The van der Waals surface area contributed by atoms with Crippen LogP contribution in [0.5, 0.6) is 11.6 Å². The normalized spacial score (nSPS) is 31.2. The molecule has 7 rings (SSSR count). The Labute approximate surface area is 304 Å². The number of methoxy groups -OCH3 is 1. The van der Waals surface area contributed by atoms with E-state index >= 15 is 0 Å². The van der Waals surface area contributed by atoms with E-state index in [9.17, 15) is 18.9 Å². The minimum absolute atomic E-state index is 0.0378. The second kappa shape index (κ2) is 13.6. The summed E-state index contributed by atoms with van der Waals surface area (Å²) in [6, 6.07) is 11.4. The van der Waals surface area contributed by atoms with Crippen LogP contribution in [0.4, 0.5) is 5.69 Å². The number of amides is 2. The van der Waals surface area contributed by atoms with Gasteiger partial charge in [0.1, 0.15) is 21.2 Å². The van der Waals surface area contributed by atoms with Crippen molar-refractivity contribution < 1.29 is 28.4 Å². The smallest absolute Gasteiger partial charge is 0.286 e. The number of hydrogen-bond donors (Lipinski definition) is 2. The van der Waals surface area contributed by atoms with Gasteiger partial charge in [-0.25, -0.2) is 4.21 Å². The van der Waals surface area contributed by atoms with Crippen molar-refractivity contribution in [1.82, 2.24) is 14.5 Å². The Hall–Kier alpha value is -3.87. The maximum atomic E-state index is 14.5. The van der Waals surface area contributed by atoms with Gasteiger partial charge in [-0.15, -0.1) is 9.46 Å². The molecule has 0 radical (unpaired) electrons. The lowest BCUT2D eigenvalue weighted by Crippen LogP contribution is -2.51. The molecule has 51 heavy (non-hydrogen) atoms. The molecule has 1 saturated carbocycles. The molecule has 2 N–H and O–H groups in total. The predicted octanol–water partition coefficient (Wildman–Crippen LogP) is 5.88. The van der Waals surface area contributed by atoms with Crippen molar-refractivity contribution in [2.45, 2.75) is 63.4 Å². The largest absolute Gasteiger partial charge is 0.490 e. The average Bonchev–Trinajstić information content (AvgIpc) is 3.37. The molecular formula is C38H46ClN5O6S. The highest BCUT2D eigenvalue weighted by Crippen LogP contribution is 2.48. The van der Waals surface area contributed by atoms with E-state index in [0.29, 0.717) is 31.9 Å². The van der Waals surface area contributed by atoms with E-state index in [1.807, 2.05) is 32.1 Å². The number of aromatic nitrogens is 2. The topological polar surface area (TPSA) is 135 Å². The highest BCUT2D eigenvalue weighted by molar-refractivity contribution is 7.92. The van der Waals surface area contributed by atoms with Crippen LogP contribution in [0, 0.1) is 17.8 Å². The van der Waals surface area contributed by atoms with E-state index in [1.165, 1.54) is 29.1 Å². The molecule has 272 valence electrons. The fourth-order valence-electron chi connectivity index (χ4n) is 8.47. The second-order valence-electron chi connectivity index (χ2n) is 15.1. The number of aliphatic hydroxyl groups is 1. The van der Waals surface area contributed by atoms with E-state index in [4.69, 9.17) is 21.1 Å². The first-order valence-corrected chi connectivity index (χ1v) is 19.7. The number of aryl methyl sites for hydroxylation is 2. The third kappa shape index (κ3) is 7.02. The minimum Gasteiger partial charge on any atom is -0.490 e. The zero-order valence-corrected chi connectivity index (χ0v) is 31.1. The van der Waals surface area contributed by atoms with Gasteiger partial charge >= 0.3 is 0 Å². The molecular weight excluding hydrogens is 690 g/mol. The summed E-state index contributed by atoms with van der Waals surface area (Å²) in [5, 5.41) is 16.6. The van der Waals surface area contributed by atoms with Crippen molar-refractivity contribution in [2.75, 3.05) is 37.5 Å². The first-order chi connectivity index (χ1) is 24.3. The summed E-state index contributed by atoms with van der Waals surface area (Å²) < 4.78 is 34.7. The van der Waals surface area contributed by atoms with Crippen molar-refractivity contribution in [3.8, 4) is 11.6 Å². The standard InChI is InChI=1S/C38H46ClN5O6S/c1-24-7-5-15-37(2,47)30-12-9-27(30)19-44-22-38(16-6-8-25-17-28(39)11-13-31(25)38)23-50-33-14-10-26(18-32(33)44)34(45)41-51(48,21-24)42-35(46)29-20-43(3)40-36(29)49-4/h5,10-11,13-15,17-18,20,24,27,30,47H,6-9,12,16,19,21-23H2,1-4H3,(H,41,42,45,46,48)/b15-5+/t24-,27-,30+,37-,38-,51-/m0/s1. The lowest BCUT2D eigenvalue weighted by Gasteiger charge is -2.48. The number of carbonyl (C=O) groups is 2. The summed E-state index contributed by atoms with van der Waals surface area (Å²) in [7, 11) is -0.598. The van der Waals surface area contributed by atoms with Crippen LogP contribution in [0.2, 0.25) is 5.02 Å². The molecule has 3 aromatic rings. The molecule has 4 aliphatic rings. The predicted molar refractivity (Wildman–Crippen MR) is 197 cm³/mol. The lowest BCUT2D eigenvalue weighted by atomic mass is 9.64. The van der Waals surface area contributed by atoms with Gasteiger partial charge in [0.05, 0.1) is 30.8 Å². The van der Waals surface area contributed by atoms with Crippen LogP contribution in [0.25, 0.3) is 0 Å². The Balaban J connectivity index is 1.31. The van der Waals surface area contributed by atoms with Crippen molar-refractivity contribution >= 4 is 39.0 Å². The van der Waals surface area contributed by atoms with Gasteiger partial charge in [-0.05, 0) is 105 Å². The van der Waals surface area contributed by atoms with Crippen LogP contribution in [-0.4, -0.2) is 69.1 Å². The fourth-order valence-corrected chi connectivity index (χ4v) is 10.5. The molecule has 0 saturated heterocycles. The molecule has 11 nitrogen and oxygen atoms in total. The number of fused-ring (bicyclic) bond motifs is 4. The van der Waals surface area contributed by atoms with Gasteiger partial charge in [-0.1, -0.05) is 36.7 Å². The second-order valence-corrected chi connectivity index (χ2v) is 17.5. The highest BCUT2D eigenvalue weighted by atomic mass is 35.5. The Morgan fingerprint density at radius 1 is 1.22 bits per heavy atom. The molecule has 2 aromatic carbocycles. The Bertz CT molecular complexity index is 2020. The number of nitrogens with one attached hydrogen (secondary N) is 1. The average molecular weight is 736 g/mol. The molecule has 2 aliphatic heterocycles. The molecule has 2 bridgehead atoms. The molecule has 1 fully saturated rings. The number of anilines is 1. The number of carbonyl (C=O) groups excluding carboxylic acids is 2. The fraction of sp³-hybridized carbons (Fsp3) is 0.500. The summed E-state index contributed by atoms with van der Waals surface area (Å²) in [5.41, 5.74) is 2.19. The zero-order chi connectivity index (χ0) is 36.1. The van der Waals surface area contributed by atoms with Gasteiger partial charge in [0, 0.05) is 42.3 Å². The molecule has 0 unspecified atom stereocenters. The number of allylic oxidation sites excluding steroid dienone is 1. The quantitative estimate of drug-likeness (QED) is 0.319. The van der Waals surface area contributed by atoms with Crippen molar-refractivity contribution in [2.24, 2.45) is 29.2 Å². The number of hydrogen-bond acceptors (Lipinski definition) is 8. The summed E-state index contributed by atoms with van der Waals surface area (Å²) in [6.07, 6.45) is 10.5. The Kier molecular flexibility index (Phi) is 9.47. The third-order valence-electron chi connectivity index (χ3n) is 11.1. The summed E-state index contributed by atoms with van der Waals surface area (Å²) >= 11 is 6.44. The van der Waals surface area contributed by atoms with Crippen LogP contribution in [-0.2, 0) is 28.8 Å². The van der Waals surface area contributed by atoms with Crippen molar-refractivity contribution in [3.05, 3.63) is 82.0 Å². The molecule has 2 aliphatic carbocycles. The van der Waals surface area contributed by atoms with E-state index < -0.39 is 27.3 Å². The molecule has 1 aromatic heterocycles. The highest BCUT2D eigenvalue weighted by Gasteiger charge is 2.46. The van der Waals surface area contributed by atoms with Gasteiger partial charge < -0.3 is 19.5 Å². The first-order valence-electron chi connectivity index (χ1n) is 17.7. The maximum Gasteiger partial charge on any atom is 0.286 e. The van der Waals surface area contributed by atoms with E-state index in [-0.39, 0.29) is 45.9 Å². The van der Waals surface area contributed by atoms with Crippen LogP contribution in [0.15, 0.2) is 59.1 Å². The third-order valence-corrected chi connectivity index (χ3v) is 13.3. The monoisotopic (exact) mass is 735 g/mol. The van der Waals surface area contributed by atoms with Crippen LogP contribution in [0.3, 0.4) is 0 Å². The number of rotatable bonds is 3. The van der Waals surface area contributed by atoms with Crippen LogP contribution in [0.1, 0.15) is 77.8 Å². The molecule has 6 atom stereocenters. The summed E-state index contributed by atoms with van der Waals surface area (Å²) in [6.45, 7) is 5.54. The SMILES string of the molecule is COc1nn(C)cc1C(=O)N[S@@]1(=O)=NC(=O)c2ccc3c(c2)N(C[C@@H]2CC[C@H]2[C@@](C)(O)/C=C/C[C@H](C)C1)C[C@@]1(CCCc2cc(Cl)ccc21)CO3. The first kappa shape index (κ1) is 35.5. The van der Waals surface area contributed by atoms with Crippen molar-refractivity contribution in [1.29, 1.82) is 0 Å². The zero-order valence-electron chi connectivity index (χ0n) is 29.6. The van der Waals surface area contributed by atoms with Gasteiger partial charge in [-0.3, -0.25) is 19.0 Å². The summed E-state index contributed by atoms with van der Waals surface area (Å²) in [5.74, 6) is -0.767. The van der Waals surface area contributed by atoms with Crippen LogP contribution >= 0.6 is 11.6 Å². The van der Waals surface area contributed by atoms with Crippen LogP contribution < -0.4 is 19.1 Å². The number of nitrogens with zero attached hydrogens (tertiary/aromatic N) is 4. The van der Waals surface area contributed by atoms with Gasteiger partial charge in [0.2, 0.25) is 5.88 Å².